The normalized spacial score (nSPS) is 9.71. The highest BCUT2D eigenvalue weighted by Crippen LogP contribution is 2.17. The van der Waals surface area contributed by atoms with Crippen LogP contribution in [-0.4, -0.2) is 0 Å². The summed E-state index contributed by atoms with van der Waals surface area (Å²) in [5, 5.41) is 0. The number of hydrogen-bond donors (Lipinski definition) is 1. The Labute approximate surface area is 242 Å². The molecule has 0 saturated carbocycles. The van der Waals surface area contributed by atoms with Gasteiger partial charge in [0.25, 0.3) is 0 Å². The van der Waals surface area contributed by atoms with Crippen molar-refractivity contribution in [3.63, 3.8) is 0 Å². The summed E-state index contributed by atoms with van der Waals surface area (Å²) in [6, 6.07) is 20.5. The maximum atomic E-state index is 2.35. The Kier molecular flexibility index (Phi) is 21.8. The van der Waals surface area contributed by atoms with Crippen molar-refractivity contribution in [1.82, 2.24) is 6.15 Å². The Bertz CT molecular complexity index is 942. The zero-order valence-corrected chi connectivity index (χ0v) is 27.0. The van der Waals surface area contributed by atoms with Crippen LogP contribution in [-0.2, 0) is 57.8 Å². The predicted octanol–water partition coefficient (Wildman–Crippen LogP) is 10.7. The first-order valence-electron chi connectivity index (χ1n) is 14.8. The lowest BCUT2D eigenvalue weighted by Gasteiger charge is -2.10. The summed E-state index contributed by atoms with van der Waals surface area (Å²) in [6.45, 7) is 20.0. The van der Waals surface area contributed by atoms with E-state index in [-0.39, 0.29) is 18.6 Å². The summed E-state index contributed by atoms with van der Waals surface area (Å²) < 4.78 is 0. The molecule has 3 N–H and O–H groups in total. The molecule has 0 aliphatic heterocycles. The van der Waals surface area contributed by atoms with Gasteiger partial charge in [0.1, 0.15) is 0 Å². The largest absolute Gasteiger partial charge is 0.344 e. The lowest BCUT2D eigenvalue weighted by molar-refractivity contribution is 0.981. The molecule has 0 fully saturated rings. The molecule has 0 bridgehead atoms. The summed E-state index contributed by atoms with van der Waals surface area (Å²) >= 11 is 0. The second-order valence-electron chi connectivity index (χ2n) is 9.50. The van der Waals surface area contributed by atoms with Gasteiger partial charge in [0.15, 0.2) is 0 Å². The van der Waals surface area contributed by atoms with Crippen molar-refractivity contribution in [2.75, 3.05) is 0 Å². The lowest BCUT2D eigenvalue weighted by Crippen LogP contribution is -1.96. The van der Waals surface area contributed by atoms with E-state index in [1.165, 1.54) is 50.9 Å². The fourth-order valence-corrected chi connectivity index (χ4v) is 4.83. The van der Waals surface area contributed by atoms with Crippen molar-refractivity contribution in [2.45, 2.75) is 120 Å². The van der Waals surface area contributed by atoms with Crippen LogP contribution in [0.25, 0.3) is 0 Å². The minimum atomic E-state index is 0. The van der Waals surface area contributed by atoms with Crippen LogP contribution in [0.2, 0.25) is 0 Å². The monoisotopic (exact) mass is 539 g/mol. The molecule has 3 rings (SSSR count). The second-order valence-corrected chi connectivity index (χ2v) is 9.50. The Morgan fingerprint density at radius 3 is 1.08 bits per heavy atom. The first-order chi connectivity index (χ1) is 17.4. The van der Waals surface area contributed by atoms with Gasteiger partial charge < -0.3 is 6.15 Å². The van der Waals surface area contributed by atoms with Crippen LogP contribution in [0.4, 0.5) is 0 Å². The highest BCUT2D eigenvalue weighted by molar-refractivity contribution is 5.85. The average Bonchev–Trinajstić information content (AvgIpc) is 2.96. The zero-order chi connectivity index (χ0) is 26.9. The molecule has 3 aromatic carbocycles. The van der Waals surface area contributed by atoms with Gasteiger partial charge in [-0.3, -0.25) is 0 Å². The molecule has 0 aromatic heterocycles. The van der Waals surface area contributed by atoms with E-state index in [9.17, 15) is 0 Å². The predicted molar refractivity (Wildman–Crippen MR) is 176 cm³/mol. The molecule has 1 nitrogen and oxygen atoms in total. The molecule has 0 radical (unpaired) electrons. The molecule has 0 amide bonds. The second kappa shape index (κ2) is 21.8. The Hall–Kier alpha value is -2.09. The number of hydrogen-bond acceptors (Lipinski definition) is 1. The molecule has 2 heteroatoms. The van der Waals surface area contributed by atoms with E-state index in [2.05, 4.69) is 117 Å². The molecule has 0 aliphatic rings. The molecule has 0 spiro atoms. The number of aryl methyl sites for hydroxylation is 8. The van der Waals surface area contributed by atoms with Gasteiger partial charge in [0, 0.05) is 0 Å². The van der Waals surface area contributed by atoms with Crippen molar-refractivity contribution in [1.29, 1.82) is 0 Å². The van der Waals surface area contributed by atoms with Crippen LogP contribution < -0.4 is 6.15 Å². The third kappa shape index (κ3) is 12.2. The van der Waals surface area contributed by atoms with Crippen molar-refractivity contribution < 1.29 is 0 Å². The Morgan fingerprint density at radius 1 is 0.368 bits per heavy atom. The zero-order valence-electron chi connectivity index (χ0n) is 26.2. The quantitative estimate of drug-likeness (QED) is 0.288. The SMILES string of the molecule is CCc1cc(CC)cc(CC)c1.CCc1ccc(CC)c(CC)c1.CCc1cccc(CC)c1CC.Cl.N. The smallest absolute Gasteiger partial charge is 0.0302 e. The molecular formula is C36H58ClN. The molecule has 0 heterocycles. The fraction of sp³-hybridized carbons (Fsp3) is 0.500. The summed E-state index contributed by atoms with van der Waals surface area (Å²) in [4.78, 5) is 0. The summed E-state index contributed by atoms with van der Waals surface area (Å²) in [7, 11) is 0. The molecule has 0 aliphatic carbocycles. The van der Waals surface area contributed by atoms with E-state index in [0.29, 0.717) is 0 Å². The molecule has 0 atom stereocenters. The third-order valence-corrected chi connectivity index (χ3v) is 7.26. The van der Waals surface area contributed by atoms with Crippen LogP contribution in [0.5, 0.6) is 0 Å². The minimum Gasteiger partial charge on any atom is -0.344 e. The van der Waals surface area contributed by atoms with Crippen molar-refractivity contribution >= 4 is 12.4 Å². The Morgan fingerprint density at radius 2 is 0.763 bits per heavy atom. The molecular weight excluding hydrogens is 482 g/mol. The van der Waals surface area contributed by atoms with Gasteiger partial charge in [-0.1, -0.05) is 117 Å². The standard InChI is InChI=1S/3C12H18.ClH.H3N/c1-4-10-7-11(5-2)9-12(6-3)8-10;1-4-10-7-8-11(5-2)12(6-3)9-10;1-4-10-8-7-9-11(5-2)12(10)6-3;;/h3*7-9H,4-6H2,1-3H3;1H;1H3. The van der Waals surface area contributed by atoms with Crippen molar-refractivity contribution in [2.24, 2.45) is 0 Å². The maximum Gasteiger partial charge on any atom is -0.0302 e. The van der Waals surface area contributed by atoms with E-state index < -0.39 is 0 Å². The topological polar surface area (TPSA) is 35.0 Å². The van der Waals surface area contributed by atoms with Crippen molar-refractivity contribution in [3.05, 3.63) is 105 Å². The van der Waals surface area contributed by atoms with Gasteiger partial charge >= 0.3 is 0 Å². The molecule has 0 saturated heterocycles. The lowest BCUT2D eigenvalue weighted by atomic mass is 9.96. The van der Waals surface area contributed by atoms with Gasteiger partial charge in [0.2, 0.25) is 0 Å². The van der Waals surface area contributed by atoms with E-state index in [1.54, 1.807) is 5.56 Å². The van der Waals surface area contributed by atoms with Crippen molar-refractivity contribution in [3.8, 4) is 0 Å². The van der Waals surface area contributed by atoms with E-state index in [0.717, 1.165) is 51.4 Å². The van der Waals surface area contributed by atoms with Crippen LogP contribution in [0, 0.1) is 0 Å². The van der Waals surface area contributed by atoms with Crippen LogP contribution >= 0.6 is 12.4 Å². The minimum absolute atomic E-state index is 0. The van der Waals surface area contributed by atoms with Gasteiger partial charge in [0.05, 0.1) is 0 Å². The third-order valence-electron chi connectivity index (χ3n) is 7.26. The number of benzene rings is 3. The van der Waals surface area contributed by atoms with Crippen LogP contribution in [0.3, 0.4) is 0 Å². The average molecular weight is 540 g/mol. The van der Waals surface area contributed by atoms with E-state index in [1.807, 2.05) is 0 Å². The van der Waals surface area contributed by atoms with Gasteiger partial charge in [-0.25, -0.2) is 0 Å². The van der Waals surface area contributed by atoms with Crippen LogP contribution in [0.1, 0.15) is 112 Å². The molecule has 0 unspecified atom stereocenters. The number of rotatable bonds is 9. The summed E-state index contributed by atoms with van der Waals surface area (Å²) in [5.41, 5.74) is 13.6. The number of halogens is 1. The molecule has 38 heavy (non-hydrogen) atoms. The fourth-order valence-electron chi connectivity index (χ4n) is 4.83. The van der Waals surface area contributed by atoms with E-state index >= 15 is 0 Å². The first-order valence-corrected chi connectivity index (χ1v) is 14.8. The van der Waals surface area contributed by atoms with Gasteiger partial charge in [-0.15, -0.1) is 12.4 Å². The molecule has 214 valence electrons. The van der Waals surface area contributed by atoms with E-state index in [4.69, 9.17) is 0 Å². The summed E-state index contributed by atoms with van der Waals surface area (Å²) in [5.74, 6) is 0. The highest BCUT2D eigenvalue weighted by Gasteiger charge is 2.02. The van der Waals surface area contributed by atoms with Crippen LogP contribution in [0.15, 0.2) is 54.6 Å². The molecule has 3 aromatic rings. The van der Waals surface area contributed by atoms with Gasteiger partial charge in [-0.05, 0) is 108 Å². The highest BCUT2D eigenvalue weighted by atomic mass is 35.5. The first kappa shape index (κ1) is 38.1. The Balaban J connectivity index is 0. The maximum absolute atomic E-state index is 2.35. The van der Waals surface area contributed by atoms with Gasteiger partial charge in [-0.2, -0.15) is 0 Å². The summed E-state index contributed by atoms with van der Waals surface area (Å²) in [6.07, 6.45) is 10.4.